The molecule has 122 valence electrons. The van der Waals surface area contributed by atoms with Crippen molar-refractivity contribution in [3.05, 3.63) is 76.5 Å². The van der Waals surface area contributed by atoms with Crippen molar-refractivity contribution in [2.75, 3.05) is 7.11 Å². The number of pyridine rings is 1. The molecule has 1 aromatic heterocycles. The third-order valence-electron chi connectivity index (χ3n) is 4.43. The number of ether oxygens (including phenoxy) is 1. The van der Waals surface area contributed by atoms with Crippen LogP contribution in [-0.4, -0.2) is 18.1 Å². The molecule has 0 saturated carbocycles. The van der Waals surface area contributed by atoms with Crippen molar-refractivity contribution in [2.45, 2.75) is 26.7 Å². The second-order valence-electron chi connectivity index (χ2n) is 5.89. The number of carbonyl (C=O) groups is 1. The van der Waals surface area contributed by atoms with E-state index in [1.807, 2.05) is 30.3 Å². The molecule has 3 heteroatoms. The molecule has 3 rings (SSSR count). The van der Waals surface area contributed by atoms with Crippen LogP contribution in [-0.2, 0) is 17.6 Å². The summed E-state index contributed by atoms with van der Waals surface area (Å²) in [6, 6.07) is 15.9. The van der Waals surface area contributed by atoms with Crippen molar-refractivity contribution < 1.29 is 9.53 Å². The van der Waals surface area contributed by atoms with Crippen molar-refractivity contribution in [1.29, 1.82) is 0 Å². The molecule has 0 aliphatic heterocycles. The molecule has 1 heterocycles. The first-order valence-electron chi connectivity index (χ1n) is 8.18. The van der Waals surface area contributed by atoms with Gasteiger partial charge in [0.15, 0.2) is 0 Å². The van der Waals surface area contributed by atoms with Crippen LogP contribution in [0.2, 0.25) is 0 Å². The number of nitrogens with zero attached hydrogens (tertiary/aromatic N) is 1. The van der Waals surface area contributed by atoms with Crippen LogP contribution in [0.3, 0.4) is 0 Å². The Morgan fingerprint density at radius 1 is 1.04 bits per heavy atom. The second kappa shape index (κ2) is 6.83. The van der Waals surface area contributed by atoms with E-state index in [1.54, 1.807) is 0 Å². The van der Waals surface area contributed by atoms with E-state index in [2.05, 4.69) is 32.0 Å². The predicted octanol–water partition coefficient (Wildman–Crippen LogP) is 4.48. The van der Waals surface area contributed by atoms with Gasteiger partial charge in [-0.05, 0) is 54.7 Å². The van der Waals surface area contributed by atoms with Gasteiger partial charge < -0.3 is 4.74 Å². The Morgan fingerprint density at radius 3 is 2.42 bits per heavy atom. The average molecular weight is 319 g/mol. The predicted molar refractivity (Wildman–Crippen MR) is 96.4 cm³/mol. The van der Waals surface area contributed by atoms with Crippen LogP contribution >= 0.6 is 0 Å². The Hall–Kier alpha value is -2.68. The fourth-order valence-corrected chi connectivity index (χ4v) is 3.21. The molecule has 0 bridgehead atoms. The molecule has 0 radical (unpaired) electrons. The topological polar surface area (TPSA) is 39.2 Å². The van der Waals surface area contributed by atoms with Gasteiger partial charge in [-0.2, -0.15) is 0 Å². The van der Waals surface area contributed by atoms with Crippen molar-refractivity contribution in [1.82, 2.24) is 4.98 Å². The van der Waals surface area contributed by atoms with E-state index < -0.39 is 0 Å². The number of aromatic nitrogens is 1. The van der Waals surface area contributed by atoms with Crippen LogP contribution in [0.1, 0.15) is 39.7 Å². The van der Waals surface area contributed by atoms with Crippen LogP contribution in [0.15, 0.2) is 48.5 Å². The summed E-state index contributed by atoms with van der Waals surface area (Å²) in [4.78, 5) is 16.3. The van der Waals surface area contributed by atoms with Crippen LogP contribution in [0.5, 0.6) is 0 Å². The molecule has 0 spiro atoms. The lowest BCUT2D eigenvalue weighted by Crippen LogP contribution is -2.03. The summed E-state index contributed by atoms with van der Waals surface area (Å²) in [5, 5.41) is 1.21. The molecule has 3 nitrogen and oxygen atoms in total. The first-order valence-corrected chi connectivity index (χ1v) is 8.18. The number of aryl methyl sites for hydroxylation is 1. The van der Waals surface area contributed by atoms with Crippen LogP contribution in [0, 0.1) is 6.92 Å². The van der Waals surface area contributed by atoms with E-state index in [9.17, 15) is 4.79 Å². The lowest BCUT2D eigenvalue weighted by Gasteiger charge is -2.14. The molecule has 24 heavy (non-hydrogen) atoms. The highest BCUT2D eigenvalue weighted by Gasteiger charge is 2.12. The summed E-state index contributed by atoms with van der Waals surface area (Å²) in [6.45, 7) is 4.25. The number of carbonyl (C=O) groups excluding carboxylic acids is 1. The van der Waals surface area contributed by atoms with Crippen LogP contribution < -0.4 is 0 Å². The van der Waals surface area contributed by atoms with E-state index in [1.165, 1.54) is 29.2 Å². The van der Waals surface area contributed by atoms with E-state index in [0.717, 1.165) is 24.1 Å². The van der Waals surface area contributed by atoms with E-state index in [0.29, 0.717) is 5.56 Å². The average Bonchev–Trinajstić information content (AvgIpc) is 2.61. The van der Waals surface area contributed by atoms with Gasteiger partial charge >= 0.3 is 5.97 Å². The van der Waals surface area contributed by atoms with Gasteiger partial charge in [0.1, 0.15) is 0 Å². The standard InChI is InChI=1S/C21H21NO2/c1-4-17-14(2)22-20-8-6-5-7-18(20)19(17)13-15-9-11-16(12-10-15)21(23)24-3/h5-12H,4,13H2,1-3H3. The largest absolute Gasteiger partial charge is 0.465 e. The van der Waals surface area contributed by atoms with E-state index >= 15 is 0 Å². The number of fused-ring (bicyclic) bond motifs is 1. The molecule has 0 unspecified atom stereocenters. The Kier molecular flexibility index (Phi) is 4.61. The first-order chi connectivity index (χ1) is 11.6. The number of esters is 1. The molecule has 2 aromatic carbocycles. The minimum absolute atomic E-state index is 0.305. The van der Waals surface area contributed by atoms with Crippen molar-refractivity contribution in [3.63, 3.8) is 0 Å². The fourth-order valence-electron chi connectivity index (χ4n) is 3.21. The zero-order valence-electron chi connectivity index (χ0n) is 14.3. The molecular formula is C21H21NO2. The molecule has 0 aliphatic rings. The quantitative estimate of drug-likeness (QED) is 0.665. The van der Waals surface area contributed by atoms with Gasteiger partial charge in [-0.15, -0.1) is 0 Å². The summed E-state index contributed by atoms with van der Waals surface area (Å²) in [5.41, 5.74) is 6.52. The SMILES string of the molecule is CCc1c(C)nc2ccccc2c1Cc1ccc(C(=O)OC)cc1. The number of rotatable bonds is 4. The van der Waals surface area contributed by atoms with Crippen molar-refractivity contribution >= 4 is 16.9 Å². The molecule has 0 saturated heterocycles. The second-order valence-corrected chi connectivity index (χ2v) is 5.89. The monoisotopic (exact) mass is 319 g/mol. The number of methoxy groups -OCH3 is 1. The normalized spacial score (nSPS) is 10.8. The minimum atomic E-state index is -0.305. The van der Waals surface area contributed by atoms with E-state index in [4.69, 9.17) is 9.72 Å². The van der Waals surface area contributed by atoms with Gasteiger partial charge in [0, 0.05) is 11.1 Å². The third kappa shape index (κ3) is 3.02. The zero-order valence-corrected chi connectivity index (χ0v) is 14.3. The van der Waals surface area contributed by atoms with Crippen molar-refractivity contribution in [3.8, 4) is 0 Å². The highest BCUT2D eigenvalue weighted by atomic mass is 16.5. The van der Waals surface area contributed by atoms with Gasteiger partial charge in [0.25, 0.3) is 0 Å². The Morgan fingerprint density at radius 2 is 1.75 bits per heavy atom. The highest BCUT2D eigenvalue weighted by Crippen LogP contribution is 2.26. The number of hydrogen-bond donors (Lipinski definition) is 0. The lowest BCUT2D eigenvalue weighted by atomic mass is 9.93. The zero-order chi connectivity index (χ0) is 17.1. The summed E-state index contributed by atoms with van der Waals surface area (Å²) in [6.07, 6.45) is 1.79. The minimum Gasteiger partial charge on any atom is -0.465 e. The highest BCUT2D eigenvalue weighted by molar-refractivity contribution is 5.89. The van der Waals surface area contributed by atoms with Gasteiger partial charge in [-0.25, -0.2) is 4.79 Å². The molecule has 0 fully saturated rings. The molecule has 0 N–H and O–H groups in total. The summed E-state index contributed by atoms with van der Waals surface area (Å²) < 4.78 is 4.76. The third-order valence-corrected chi connectivity index (χ3v) is 4.43. The summed E-state index contributed by atoms with van der Waals surface area (Å²) in [7, 11) is 1.40. The summed E-state index contributed by atoms with van der Waals surface area (Å²) >= 11 is 0. The fraction of sp³-hybridized carbons (Fsp3) is 0.238. The van der Waals surface area contributed by atoms with E-state index in [-0.39, 0.29) is 5.97 Å². The van der Waals surface area contributed by atoms with Gasteiger partial charge in [-0.1, -0.05) is 37.3 Å². The van der Waals surface area contributed by atoms with Gasteiger partial charge in [0.05, 0.1) is 18.2 Å². The maximum absolute atomic E-state index is 11.6. The molecule has 3 aromatic rings. The Bertz CT molecular complexity index is 882. The maximum Gasteiger partial charge on any atom is 0.337 e. The van der Waals surface area contributed by atoms with Crippen molar-refractivity contribution in [2.24, 2.45) is 0 Å². The molecule has 0 atom stereocenters. The molecular weight excluding hydrogens is 298 g/mol. The Balaban J connectivity index is 2.04. The van der Waals surface area contributed by atoms with Gasteiger partial charge in [0.2, 0.25) is 0 Å². The summed E-state index contributed by atoms with van der Waals surface area (Å²) in [5.74, 6) is -0.305. The maximum atomic E-state index is 11.6. The smallest absolute Gasteiger partial charge is 0.337 e. The van der Waals surface area contributed by atoms with Crippen LogP contribution in [0.4, 0.5) is 0 Å². The lowest BCUT2D eigenvalue weighted by molar-refractivity contribution is 0.0600. The Labute approximate surface area is 142 Å². The number of para-hydroxylation sites is 1. The number of hydrogen-bond acceptors (Lipinski definition) is 3. The molecule has 0 amide bonds. The first kappa shape index (κ1) is 16.2. The number of benzene rings is 2. The molecule has 0 aliphatic carbocycles. The van der Waals surface area contributed by atoms with Gasteiger partial charge in [-0.3, -0.25) is 4.98 Å². The van der Waals surface area contributed by atoms with Crippen LogP contribution in [0.25, 0.3) is 10.9 Å².